The van der Waals surface area contributed by atoms with Gasteiger partial charge in [0.2, 0.25) is 29.5 Å². The summed E-state index contributed by atoms with van der Waals surface area (Å²) in [7, 11) is 0. The number of unbranched alkanes of at least 4 members (excludes halogenated alkanes) is 9. The van der Waals surface area contributed by atoms with Crippen molar-refractivity contribution in [3.8, 4) is 0 Å². The second-order valence-corrected chi connectivity index (χ2v) is 14.7. The smallest absolute Gasteiger partial charge is 0.326 e. The van der Waals surface area contributed by atoms with Crippen molar-refractivity contribution in [3.63, 3.8) is 0 Å². The molecule has 0 aliphatic heterocycles. The van der Waals surface area contributed by atoms with Gasteiger partial charge in [0.25, 0.3) is 0 Å². The van der Waals surface area contributed by atoms with Crippen molar-refractivity contribution >= 4 is 47.8 Å². The summed E-state index contributed by atoms with van der Waals surface area (Å²) in [6.07, 6.45) is 10.5. The Morgan fingerprint density at radius 1 is 0.394 bits per heavy atom. The van der Waals surface area contributed by atoms with Gasteiger partial charge in [0.1, 0.15) is 38.8 Å². The SMILES string of the molecule is O=CCOCCOCCNC(=O)COCCOCCNC(=O)COCCOCCNC(=O)COCCOCCNC(=O)CC[C@H](NC(=O)CCCCCCCCCCCCC(=O)O)C(=O)O. The third kappa shape index (κ3) is 46.2. The Balaban J connectivity index is 3.59. The number of carboxylic acid groups (broad SMARTS) is 2. The Bertz CT molecular complexity index is 1300. The van der Waals surface area contributed by atoms with Crippen LogP contribution in [0.1, 0.15) is 89.9 Å². The molecule has 0 aromatic heterocycles. The lowest BCUT2D eigenvalue weighted by molar-refractivity contribution is -0.142. The zero-order valence-electron chi connectivity index (χ0n) is 38.6. The number of hydrogen-bond acceptors (Lipinski definition) is 16. The Morgan fingerprint density at radius 3 is 1.12 bits per heavy atom. The first-order valence-corrected chi connectivity index (χ1v) is 22.9. The molecule has 0 spiro atoms. The summed E-state index contributed by atoms with van der Waals surface area (Å²) in [5, 5.41) is 31.2. The molecule has 1 atom stereocenters. The molecule has 382 valence electrons. The summed E-state index contributed by atoms with van der Waals surface area (Å²) in [6.45, 7) is 3.37. The highest BCUT2D eigenvalue weighted by atomic mass is 16.5. The van der Waals surface area contributed by atoms with Gasteiger partial charge in [0.05, 0.1) is 79.3 Å². The summed E-state index contributed by atoms with van der Waals surface area (Å²) >= 11 is 0. The van der Waals surface area contributed by atoms with E-state index in [2.05, 4.69) is 26.6 Å². The van der Waals surface area contributed by atoms with Crippen LogP contribution in [0.2, 0.25) is 0 Å². The first-order chi connectivity index (χ1) is 32.0. The molecule has 0 aromatic carbocycles. The van der Waals surface area contributed by atoms with Crippen molar-refractivity contribution in [3.05, 3.63) is 0 Å². The molecule has 0 aliphatic carbocycles. The van der Waals surface area contributed by atoms with Crippen molar-refractivity contribution in [2.75, 3.05) is 132 Å². The Morgan fingerprint density at radius 2 is 0.742 bits per heavy atom. The van der Waals surface area contributed by atoms with Crippen LogP contribution >= 0.6 is 0 Å². The number of amides is 5. The zero-order chi connectivity index (χ0) is 48.6. The summed E-state index contributed by atoms with van der Waals surface area (Å²) in [6, 6.07) is -1.16. The van der Waals surface area contributed by atoms with Crippen LogP contribution in [0.5, 0.6) is 0 Å². The minimum Gasteiger partial charge on any atom is -0.481 e. The molecular formula is C43H77N5O18. The largest absolute Gasteiger partial charge is 0.481 e. The van der Waals surface area contributed by atoms with Gasteiger partial charge in [0, 0.05) is 45.4 Å². The number of ether oxygens (including phenoxy) is 8. The highest BCUT2D eigenvalue weighted by Gasteiger charge is 2.21. The number of carbonyl (C=O) groups is 8. The number of nitrogens with one attached hydrogen (secondary N) is 5. The first kappa shape index (κ1) is 61.6. The van der Waals surface area contributed by atoms with Gasteiger partial charge >= 0.3 is 11.9 Å². The average molecular weight is 952 g/mol. The van der Waals surface area contributed by atoms with Crippen LogP contribution in [-0.4, -0.2) is 196 Å². The van der Waals surface area contributed by atoms with E-state index in [9.17, 15) is 43.5 Å². The molecular weight excluding hydrogens is 874 g/mol. The molecule has 0 bridgehead atoms. The summed E-state index contributed by atoms with van der Waals surface area (Å²) < 4.78 is 42.0. The maximum Gasteiger partial charge on any atom is 0.326 e. The maximum atomic E-state index is 12.3. The monoisotopic (exact) mass is 952 g/mol. The van der Waals surface area contributed by atoms with E-state index in [1.54, 1.807) is 0 Å². The van der Waals surface area contributed by atoms with E-state index in [4.69, 9.17) is 43.0 Å². The van der Waals surface area contributed by atoms with E-state index in [1.807, 2.05) is 0 Å². The van der Waals surface area contributed by atoms with Crippen LogP contribution in [-0.2, 0) is 76.3 Å². The molecule has 0 rings (SSSR count). The summed E-state index contributed by atoms with van der Waals surface area (Å²) in [5.74, 6) is -3.64. The van der Waals surface area contributed by atoms with Crippen molar-refractivity contribution in [2.45, 2.75) is 95.9 Å². The zero-order valence-corrected chi connectivity index (χ0v) is 38.6. The van der Waals surface area contributed by atoms with Crippen LogP contribution in [0.4, 0.5) is 0 Å². The van der Waals surface area contributed by atoms with E-state index < -0.39 is 18.0 Å². The quantitative estimate of drug-likeness (QED) is 0.0309. The Kier molecular flexibility index (Phi) is 44.0. The van der Waals surface area contributed by atoms with Crippen LogP contribution in [0.25, 0.3) is 0 Å². The van der Waals surface area contributed by atoms with Gasteiger partial charge in [0.15, 0.2) is 0 Å². The van der Waals surface area contributed by atoms with Crippen LogP contribution in [0, 0.1) is 0 Å². The van der Waals surface area contributed by atoms with Gasteiger partial charge in [-0.3, -0.25) is 28.8 Å². The second kappa shape index (κ2) is 47.1. The Hall–Kier alpha value is -4.36. The average Bonchev–Trinajstić information content (AvgIpc) is 3.28. The third-order valence-corrected chi connectivity index (χ3v) is 8.99. The molecule has 5 amide bonds. The van der Waals surface area contributed by atoms with Gasteiger partial charge in [-0.1, -0.05) is 51.4 Å². The van der Waals surface area contributed by atoms with Gasteiger partial charge in [-0.05, 0) is 19.3 Å². The third-order valence-electron chi connectivity index (χ3n) is 8.99. The van der Waals surface area contributed by atoms with E-state index in [-0.39, 0.29) is 161 Å². The van der Waals surface area contributed by atoms with Crippen molar-refractivity contribution in [2.24, 2.45) is 0 Å². The lowest BCUT2D eigenvalue weighted by Crippen LogP contribution is -2.41. The summed E-state index contributed by atoms with van der Waals surface area (Å²) in [5.41, 5.74) is 0. The molecule has 0 heterocycles. The van der Waals surface area contributed by atoms with Crippen LogP contribution in [0.3, 0.4) is 0 Å². The van der Waals surface area contributed by atoms with Crippen molar-refractivity contribution in [1.29, 1.82) is 0 Å². The highest BCUT2D eigenvalue weighted by Crippen LogP contribution is 2.12. The molecule has 0 unspecified atom stereocenters. The lowest BCUT2D eigenvalue weighted by atomic mass is 10.0. The molecule has 0 aromatic rings. The molecule has 0 aliphatic rings. The fourth-order valence-electron chi connectivity index (χ4n) is 5.57. The van der Waals surface area contributed by atoms with E-state index in [1.165, 1.54) is 0 Å². The Labute approximate surface area is 388 Å². The maximum absolute atomic E-state index is 12.3. The second-order valence-electron chi connectivity index (χ2n) is 14.7. The normalized spacial score (nSPS) is 11.4. The number of aliphatic carboxylic acids is 2. The minimum absolute atomic E-state index is 0.0253. The topological polar surface area (TPSA) is 311 Å². The number of aldehydes is 1. The van der Waals surface area contributed by atoms with Gasteiger partial charge in [-0.15, -0.1) is 0 Å². The van der Waals surface area contributed by atoms with Gasteiger partial charge in [-0.2, -0.15) is 0 Å². The first-order valence-electron chi connectivity index (χ1n) is 22.9. The molecule has 23 nitrogen and oxygen atoms in total. The summed E-state index contributed by atoms with van der Waals surface area (Å²) in [4.78, 5) is 92.2. The molecule has 0 radical (unpaired) electrons. The molecule has 0 saturated heterocycles. The number of carbonyl (C=O) groups excluding carboxylic acids is 6. The fraction of sp³-hybridized carbons (Fsp3) is 0.814. The predicted octanol–water partition coefficient (Wildman–Crippen LogP) is -0.102. The van der Waals surface area contributed by atoms with E-state index >= 15 is 0 Å². The molecule has 7 N–H and O–H groups in total. The predicted molar refractivity (Wildman–Crippen MR) is 236 cm³/mol. The molecule has 66 heavy (non-hydrogen) atoms. The van der Waals surface area contributed by atoms with Crippen LogP contribution in [0.15, 0.2) is 0 Å². The molecule has 23 heteroatoms. The van der Waals surface area contributed by atoms with Crippen molar-refractivity contribution < 1.29 is 86.5 Å². The standard InChI is InChI=1S/C43H77N5O18/c49-19-24-63-26-25-59-21-16-45-39(52)33-65-31-28-61-23-18-47-41(54)35-66-32-29-62-22-17-46-40(53)34-64-30-27-60-20-15-44-37(50)14-13-36(43(57)58)48-38(51)11-9-7-5-3-1-2-4-6-8-10-12-42(55)56/h19,36H,1-18,20-35H2,(H,44,50)(H,45,52)(H,46,53)(H,47,54)(H,48,51)(H,55,56)(H,57,58)/t36-/m0/s1. The highest BCUT2D eigenvalue weighted by molar-refractivity contribution is 5.84. The number of carboxylic acids is 2. The van der Waals surface area contributed by atoms with E-state index in [0.717, 1.165) is 57.8 Å². The lowest BCUT2D eigenvalue weighted by Gasteiger charge is -2.14. The van der Waals surface area contributed by atoms with E-state index in [0.29, 0.717) is 39.1 Å². The van der Waals surface area contributed by atoms with Gasteiger partial charge in [-0.25, -0.2) is 4.79 Å². The molecule has 0 saturated carbocycles. The van der Waals surface area contributed by atoms with Crippen molar-refractivity contribution in [1.82, 2.24) is 26.6 Å². The van der Waals surface area contributed by atoms with Crippen LogP contribution < -0.4 is 26.6 Å². The van der Waals surface area contributed by atoms with Gasteiger partial charge < -0.3 is 79.5 Å². The fourth-order valence-corrected chi connectivity index (χ4v) is 5.57. The number of hydrogen-bond donors (Lipinski definition) is 7. The minimum atomic E-state index is -1.20. The number of rotatable bonds is 50. The molecule has 0 fully saturated rings.